The molecule has 4 rings (SSSR count). The van der Waals surface area contributed by atoms with Crippen LogP contribution >= 0.6 is 0 Å². The molecule has 0 radical (unpaired) electrons. The number of para-hydroxylation sites is 2. The third kappa shape index (κ3) is 3.70. The number of aryl methyl sites for hydroxylation is 1. The molecule has 8 heteroatoms. The van der Waals surface area contributed by atoms with Crippen molar-refractivity contribution in [2.75, 3.05) is 0 Å². The Kier molecular flexibility index (Phi) is 5.13. The van der Waals surface area contributed by atoms with Crippen molar-refractivity contribution >= 4 is 39.6 Å². The molecular formula is C22H17N4O4-. The van der Waals surface area contributed by atoms with E-state index in [0.717, 1.165) is 46.2 Å². The van der Waals surface area contributed by atoms with Crippen LogP contribution < -0.4 is 10.5 Å². The smallest absolute Gasteiger partial charge is 0.270 e. The Balaban J connectivity index is 1.46. The van der Waals surface area contributed by atoms with E-state index in [-0.39, 0.29) is 23.6 Å². The Bertz CT molecular complexity index is 1240. The summed E-state index contributed by atoms with van der Waals surface area (Å²) in [5, 5.41) is 28.6. The van der Waals surface area contributed by atoms with Crippen molar-refractivity contribution < 1.29 is 14.8 Å². The van der Waals surface area contributed by atoms with Gasteiger partial charge in [-0.2, -0.15) is 5.10 Å². The minimum Gasteiger partial charge on any atom is -0.872 e. The van der Waals surface area contributed by atoms with Gasteiger partial charge in [-0.05, 0) is 17.7 Å². The Hall–Kier alpha value is -4.20. The van der Waals surface area contributed by atoms with E-state index >= 15 is 0 Å². The number of nitro benzene ring substituents is 1. The lowest BCUT2D eigenvalue weighted by Gasteiger charge is -2.09. The molecule has 0 unspecified atom stereocenters. The zero-order valence-corrected chi connectivity index (χ0v) is 15.8. The molecule has 1 heterocycles. The molecule has 1 aromatic heterocycles. The number of carbonyl (C=O) groups is 1. The molecule has 8 nitrogen and oxygen atoms in total. The van der Waals surface area contributed by atoms with Gasteiger partial charge in [-0.25, -0.2) is 5.43 Å². The Labute approximate surface area is 171 Å². The average molecular weight is 401 g/mol. The number of nitrogens with one attached hydrogen (secondary N) is 1. The van der Waals surface area contributed by atoms with Gasteiger partial charge in [0.2, 0.25) is 5.91 Å². The molecule has 0 fully saturated rings. The first-order valence-electron chi connectivity index (χ1n) is 9.28. The summed E-state index contributed by atoms with van der Waals surface area (Å²) in [4.78, 5) is 22.5. The molecule has 3 aromatic carbocycles. The number of rotatable bonds is 6. The number of non-ortho nitro benzene ring substituents is 1. The van der Waals surface area contributed by atoms with Crippen molar-refractivity contribution in [1.29, 1.82) is 0 Å². The van der Waals surface area contributed by atoms with Gasteiger partial charge in [0.05, 0.1) is 11.1 Å². The van der Waals surface area contributed by atoms with Crippen LogP contribution in [0.1, 0.15) is 12.0 Å². The fourth-order valence-electron chi connectivity index (χ4n) is 3.44. The quantitative estimate of drug-likeness (QED) is 0.303. The van der Waals surface area contributed by atoms with Crippen LogP contribution in [0.4, 0.5) is 5.69 Å². The van der Waals surface area contributed by atoms with E-state index in [0.29, 0.717) is 6.54 Å². The average Bonchev–Trinajstić information content (AvgIpc) is 3.07. The highest BCUT2D eigenvalue weighted by molar-refractivity contribution is 6.08. The van der Waals surface area contributed by atoms with Gasteiger partial charge in [0.1, 0.15) is 0 Å². The summed E-state index contributed by atoms with van der Waals surface area (Å²) in [5.74, 6) is -0.741. The second-order valence-electron chi connectivity index (χ2n) is 6.71. The molecule has 150 valence electrons. The summed E-state index contributed by atoms with van der Waals surface area (Å²) in [5.41, 5.74) is 4.28. The number of aromatic nitrogens is 1. The van der Waals surface area contributed by atoms with Crippen molar-refractivity contribution in [3.05, 3.63) is 82.4 Å². The normalized spacial score (nSPS) is 11.3. The number of amides is 1. The highest BCUT2D eigenvalue weighted by Gasteiger charge is 2.11. The first-order valence-corrected chi connectivity index (χ1v) is 9.28. The highest BCUT2D eigenvalue weighted by Crippen LogP contribution is 2.28. The highest BCUT2D eigenvalue weighted by atomic mass is 16.6. The number of benzene rings is 3. The molecule has 0 bridgehead atoms. The van der Waals surface area contributed by atoms with Crippen LogP contribution in [0.5, 0.6) is 5.75 Å². The van der Waals surface area contributed by atoms with E-state index in [1.165, 1.54) is 0 Å². The van der Waals surface area contributed by atoms with Gasteiger partial charge in [0.15, 0.2) is 0 Å². The summed E-state index contributed by atoms with van der Waals surface area (Å²) in [6.07, 6.45) is 1.30. The molecule has 4 aromatic rings. The fraction of sp³-hybridized carbons (Fsp3) is 0.0909. The van der Waals surface area contributed by atoms with Gasteiger partial charge < -0.3 is 9.67 Å². The Morgan fingerprint density at radius 3 is 2.30 bits per heavy atom. The molecule has 0 saturated carbocycles. The van der Waals surface area contributed by atoms with E-state index in [9.17, 15) is 20.0 Å². The van der Waals surface area contributed by atoms with E-state index in [1.54, 1.807) is 0 Å². The van der Waals surface area contributed by atoms with Crippen LogP contribution in [0.3, 0.4) is 0 Å². The van der Waals surface area contributed by atoms with Crippen molar-refractivity contribution in [1.82, 2.24) is 9.99 Å². The molecule has 30 heavy (non-hydrogen) atoms. The van der Waals surface area contributed by atoms with Crippen molar-refractivity contribution in [3.63, 3.8) is 0 Å². The van der Waals surface area contributed by atoms with Crippen LogP contribution in [-0.4, -0.2) is 21.6 Å². The number of hydrazone groups is 1. The van der Waals surface area contributed by atoms with Crippen LogP contribution in [0.2, 0.25) is 0 Å². The molecule has 0 saturated heterocycles. The van der Waals surface area contributed by atoms with Gasteiger partial charge in [0, 0.05) is 46.9 Å². The zero-order chi connectivity index (χ0) is 21.1. The molecular weight excluding hydrogens is 384 g/mol. The number of hydrogen-bond acceptors (Lipinski definition) is 5. The van der Waals surface area contributed by atoms with Gasteiger partial charge in [0.25, 0.3) is 5.69 Å². The summed E-state index contributed by atoms with van der Waals surface area (Å²) in [6.45, 7) is 0.457. The summed E-state index contributed by atoms with van der Waals surface area (Å²) in [6, 6.07) is 19.4. The third-order valence-electron chi connectivity index (χ3n) is 4.84. The number of nitro groups is 1. The summed E-state index contributed by atoms with van der Waals surface area (Å²) in [7, 11) is 0. The van der Waals surface area contributed by atoms with Crippen LogP contribution in [-0.2, 0) is 11.3 Å². The fourth-order valence-corrected chi connectivity index (χ4v) is 3.44. The van der Waals surface area contributed by atoms with E-state index < -0.39 is 10.7 Å². The SMILES string of the molecule is O=C(CCn1c2ccccc2c2ccccc21)N/N=C\c1cc([N+](=O)[O-])ccc1[O-]. The second kappa shape index (κ2) is 8.04. The largest absolute Gasteiger partial charge is 0.872 e. The first-order chi connectivity index (χ1) is 14.5. The number of carbonyl (C=O) groups excluding carboxylic acids is 1. The number of fused-ring (bicyclic) bond motifs is 3. The minimum absolute atomic E-state index is 0.0342. The maximum absolute atomic E-state index is 12.2. The van der Waals surface area contributed by atoms with Crippen LogP contribution in [0, 0.1) is 10.1 Å². The predicted octanol–water partition coefficient (Wildman–Crippen LogP) is 3.32. The Morgan fingerprint density at radius 1 is 1.03 bits per heavy atom. The molecule has 0 atom stereocenters. The van der Waals surface area contributed by atoms with E-state index in [2.05, 4.69) is 27.2 Å². The van der Waals surface area contributed by atoms with Crippen LogP contribution in [0.15, 0.2) is 71.8 Å². The van der Waals surface area contributed by atoms with Gasteiger partial charge in [-0.1, -0.05) is 48.2 Å². The van der Waals surface area contributed by atoms with E-state index in [1.807, 2.05) is 36.4 Å². The third-order valence-corrected chi connectivity index (χ3v) is 4.84. The maximum Gasteiger partial charge on any atom is 0.270 e. The topological polar surface area (TPSA) is 113 Å². The molecule has 0 aliphatic heterocycles. The number of hydrogen-bond donors (Lipinski definition) is 1. The molecule has 0 aliphatic carbocycles. The van der Waals surface area contributed by atoms with Gasteiger partial charge in [-0.15, -0.1) is 0 Å². The van der Waals surface area contributed by atoms with Crippen LogP contribution in [0.25, 0.3) is 21.8 Å². The molecule has 0 aliphatic rings. The number of nitrogens with zero attached hydrogens (tertiary/aromatic N) is 3. The minimum atomic E-state index is -0.596. The Morgan fingerprint density at radius 2 is 1.67 bits per heavy atom. The second-order valence-corrected chi connectivity index (χ2v) is 6.71. The lowest BCUT2D eigenvalue weighted by atomic mass is 10.2. The first kappa shape index (κ1) is 19.1. The zero-order valence-electron chi connectivity index (χ0n) is 15.8. The summed E-state index contributed by atoms with van der Waals surface area (Å²) < 4.78 is 2.09. The maximum atomic E-state index is 12.2. The molecule has 0 spiro atoms. The van der Waals surface area contributed by atoms with Crippen molar-refractivity contribution in [2.24, 2.45) is 5.10 Å². The monoisotopic (exact) mass is 401 g/mol. The van der Waals surface area contributed by atoms with Gasteiger partial charge >= 0.3 is 0 Å². The predicted molar refractivity (Wildman–Crippen MR) is 112 cm³/mol. The van der Waals surface area contributed by atoms with Crippen molar-refractivity contribution in [3.8, 4) is 5.75 Å². The summed E-state index contributed by atoms with van der Waals surface area (Å²) >= 11 is 0. The molecule has 1 amide bonds. The lowest BCUT2D eigenvalue weighted by Crippen LogP contribution is -2.19. The molecule has 1 N–H and O–H groups in total. The lowest BCUT2D eigenvalue weighted by molar-refractivity contribution is -0.385. The van der Waals surface area contributed by atoms with E-state index in [4.69, 9.17) is 0 Å². The van der Waals surface area contributed by atoms with Crippen molar-refractivity contribution in [2.45, 2.75) is 13.0 Å². The van der Waals surface area contributed by atoms with Gasteiger partial charge in [-0.3, -0.25) is 14.9 Å². The standard InChI is InChI=1S/C22H18N4O4/c27-21-10-9-16(26(29)30)13-15(21)14-23-24-22(28)11-12-25-19-7-3-1-5-17(19)18-6-2-4-8-20(18)25/h1-10,13-14,27H,11-12H2,(H,24,28)/p-1/b23-14-.